The monoisotopic (exact) mass is 565 g/mol. The van der Waals surface area contributed by atoms with Gasteiger partial charge in [0.25, 0.3) is 5.91 Å². The molecule has 1 aliphatic rings. The highest BCUT2D eigenvalue weighted by molar-refractivity contribution is 6.31. The number of benzene rings is 2. The van der Waals surface area contributed by atoms with Crippen LogP contribution in [0.2, 0.25) is 5.02 Å². The summed E-state index contributed by atoms with van der Waals surface area (Å²) in [6.07, 6.45) is 3.10. The predicted octanol–water partition coefficient (Wildman–Crippen LogP) is 6.08. The molecule has 1 saturated carbocycles. The molecule has 0 bridgehead atoms. The summed E-state index contributed by atoms with van der Waals surface area (Å²) in [5.74, 6) is 5.33. The Balaban J connectivity index is 1.51. The summed E-state index contributed by atoms with van der Waals surface area (Å²) >= 11 is 6.18. The van der Waals surface area contributed by atoms with Crippen LogP contribution in [-0.4, -0.2) is 42.8 Å². The normalized spacial score (nSPS) is 19.6. The molecule has 1 unspecified atom stereocenters. The maximum atomic E-state index is 13.0. The molecular formula is C32H37ClN2O5. The predicted molar refractivity (Wildman–Crippen MR) is 154 cm³/mol. The van der Waals surface area contributed by atoms with E-state index in [1.807, 2.05) is 33.8 Å². The quantitative estimate of drug-likeness (QED) is 0.238. The Bertz CT molecular complexity index is 1320. The van der Waals surface area contributed by atoms with Crippen molar-refractivity contribution in [1.82, 2.24) is 5.32 Å². The highest BCUT2D eigenvalue weighted by Crippen LogP contribution is 2.60. The largest absolute Gasteiger partial charge is 0.489 e. The summed E-state index contributed by atoms with van der Waals surface area (Å²) in [6, 6.07) is 14.0. The van der Waals surface area contributed by atoms with Gasteiger partial charge in [-0.05, 0) is 55.2 Å². The molecule has 2 aromatic carbocycles. The van der Waals surface area contributed by atoms with Gasteiger partial charge in [0.2, 0.25) is 0 Å². The van der Waals surface area contributed by atoms with Crippen LogP contribution >= 0.6 is 11.6 Å². The molecule has 0 aromatic heterocycles. The van der Waals surface area contributed by atoms with E-state index in [1.54, 1.807) is 42.5 Å². The number of carboxylic acid groups (broad SMARTS) is 1. The van der Waals surface area contributed by atoms with Crippen molar-refractivity contribution in [1.29, 1.82) is 5.26 Å². The highest BCUT2D eigenvalue weighted by atomic mass is 35.5. The average Bonchev–Trinajstić information content (AvgIpc) is 2.90. The number of carbonyl (C=O) groups excluding carboxylic acids is 1. The van der Waals surface area contributed by atoms with E-state index in [4.69, 9.17) is 32.8 Å². The lowest BCUT2D eigenvalue weighted by Gasteiger charge is -2.63. The number of ether oxygens (including phenoxy) is 2. The minimum absolute atomic E-state index is 0.174. The van der Waals surface area contributed by atoms with Crippen molar-refractivity contribution >= 4 is 23.5 Å². The van der Waals surface area contributed by atoms with Crippen molar-refractivity contribution in [3.8, 4) is 23.7 Å². The number of nitrogens with one attached hydrogen (secondary N) is 1. The first-order valence-corrected chi connectivity index (χ1v) is 13.7. The van der Waals surface area contributed by atoms with Crippen molar-refractivity contribution in [2.75, 3.05) is 19.7 Å². The molecule has 8 heteroatoms. The Morgan fingerprint density at radius 1 is 1.10 bits per heavy atom. The third-order valence-electron chi connectivity index (χ3n) is 7.35. The third-order valence-corrected chi connectivity index (χ3v) is 7.66. The Labute approximate surface area is 243 Å². The van der Waals surface area contributed by atoms with Gasteiger partial charge in [-0.25, -0.2) is 4.79 Å². The number of aliphatic carboxylic acids is 1. The van der Waals surface area contributed by atoms with Crippen molar-refractivity contribution in [3.05, 3.63) is 64.2 Å². The summed E-state index contributed by atoms with van der Waals surface area (Å²) in [4.78, 5) is 23.4. The molecule has 3 rings (SSSR count). The van der Waals surface area contributed by atoms with E-state index in [9.17, 15) is 9.59 Å². The summed E-state index contributed by atoms with van der Waals surface area (Å²) in [7, 11) is 0. The van der Waals surface area contributed by atoms with Gasteiger partial charge in [-0.1, -0.05) is 57.6 Å². The zero-order valence-corrected chi connectivity index (χ0v) is 24.2. The van der Waals surface area contributed by atoms with Crippen molar-refractivity contribution in [3.63, 3.8) is 0 Å². The maximum Gasteiger partial charge on any atom is 0.329 e. The second kappa shape index (κ2) is 13.7. The lowest BCUT2D eigenvalue weighted by molar-refractivity contribution is -0.195. The molecule has 40 heavy (non-hydrogen) atoms. The number of carbonyl (C=O) groups is 2. The number of halogens is 1. The van der Waals surface area contributed by atoms with Crippen molar-refractivity contribution < 1.29 is 25.5 Å². The van der Waals surface area contributed by atoms with E-state index < -0.39 is 23.3 Å². The van der Waals surface area contributed by atoms with Crippen LogP contribution < -0.4 is 10.1 Å². The lowest BCUT2D eigenvalue weighted by Crippen LogP contribution is -2.68. The molecule has 212 valence electrons. The van der Waals surface area contributed by atoms with E-state index in [1.165, 1.54) is 0 Å². The molecule has 0 saturated heterocycles. The second-order valence-electron chi connectivity index (χ2n) is 11.1. The van der Waals surface area contributed by atoms with Crippen molar-refractivity contribution in [2.24, 2.45) is 16.7 Å². The molecule has 0 aliphatic heterocycles. The number of hydrogen-bond donors (Lipinski definition) is 2. The number of hydrogen-bond acceptors (Lipinski definition) is 5. The minimum Gasteiger partial charge on any atom is -0.489 e. The first-order valence-electron chi connectivity index (χ1n) is 13.9. The molecule has 1 aliphatic carbocycles. The van der Waals surface area contributed by atoms with Gasteiger partial charge in [-0.3, -0.25) is 4.79 Å². The van der Waals surface area contributed by atoms with Gasteiger partial charge in [0, 0.05) is 48.9 Å². The Hall–Kier alpha value is -3.52. The van der Waals surface area contributed by atoms with Crippen LogP contribution in [0.1, 0.15) is 76.2 Å². The first-order chi connectivity index (χ1) is 19.4. The van der Waals surface area contributed by atoms with Crippen LogP contribution in [0.4, 0.5) is 0 Å². The zero-order valence-electron chi connectivity index (χ0n) is 24.4. The van der Waals surface area contributed by atoms with Crippen LogP contribution in [0.25, 0.3) is 0 Å². The smallest absolute Gasteiger partial charge is 0.329 e. The first kappa shape index (κ1) is 29.5. The van der Waals surface area contributed by atoms with Gasteiger partial charge in [0.1, 0.15) is 24.5 Å². The van der Waals surface area contributed by atoms with E-state index in [0.29, 0.717) is 28.5 Å². The Morgan fingerprint density at radius 2 is 1.80 bits per heavy atom. The topological polar surface area (TPSA) is 109 Å². The fourth-order valence-electron chi connectivity index (χ4n) is 5.54. The molecule has 0 heterocycles. The third kappa shape index (κ3) is 7.78. The van der Waals surface area contributed by atoms with E-state index >= 15 is 0 Å². The summed E-state index contributed by atoms with van der Waals surface area (Å²) < 4.78 is 20.1. The molecule has 1 fully saturated rings. The molecular weight excluding hydrogens is 528 g/mol. The number of amides is 1. The number of unbranched alkanes of at least 4 members (excludes halogenated alkanes) is 3. The molecule has 2 N–H and O–H groups in total. The second-order valence-corrected chi connectivity index (χ2v) is 11.6. The molecule has 2 aromatic rings. The van der Waals surface area contributed by atoms with Gasteiger partial charge < -0.3 is 19.9 Å². The van der Waals surface area contributed by atoms with Gasteiger partial charge >= 0.3 is 5.97 Å². The van der Waals surface area contributed by atoms with Gasteiger partial charge in [-0.2, -0.15) is 5.26 Å². The molecule has 1 atom stereocenters. The van der Waals surface area contributed by atoms with Crippen LogP contribution in [-0.2, 0) is 9.53 Å². The van der Waals surface area contributed by atoms with Crippen LogP contribution in [0, 0.1) is 39.9 Å². The summed E-state index contributed by atoms with van der Waals surface area (Å²) in [6.45, 7) is 7.46. The van der Waals surface area contributed by atoms with E-state index in [0.717, 1.165) is 31.2 Å². The number of carboxylic acids is 1. The van der Waals surface area contributed by atoms with Crippen LogP contribution in [0.15, 0.2) is 42.5 Å². The van der Waals surface area contributed by atoms with Gasteiger partial charge in [0.15, 0.2) is 0 Å². The molecule has 1 amide bonds. The highest BCUT2D eigenvalue weighted by Gasteiger charge is 2.63. The number of rotatable bonds is 12. The van der Waals surface area contributed by atoms with Gasteiger partial charge in [0.05, 0.1) is 10.6 Å². The Kier molecular flexibility index (Phi) is 10.1. The molecule has 0 radical (unpaired) electrons. The maximum absolute atomic E-state index is 13.0. The average molecular weight is 566 g/mol. The molecule has 7 nitrogen and oxygen atoms in total. The zero-order chi connectivity index (χ0) is 30.2. The van der Waals surface area contributed by atoms with Crippen LogP contribution in [0.3, 0.4) is 0 Å². The standard InChI is InChI=1S/C32H37ClN2O5/c1-31(2)27(32(3,4)30(31)40-25-16-15-24(19-34)26(33)18-25)20-35-29(38)23-13-11-22(12-14-23)10-8-6-5-7-9-17-39-21-28(36)37/h11-16,18,27,30H,5-7,9,17,20-21H2,1-4H3,(H,35,38)(H,36,37)/i20D. The van der Waals surface area contributed by atoms with Crippen LogP contribution in [0.5, 0.6) is 5.75 Å². The van der Waals surface area contributed by atoms with E-state index in [-0.39, 0.29) is 24.5 Å². The fraction of sp³-hybridized carbons (Fsp3) is 0.469. The minimum atomic E-state index is -0.961. The summed E-state index contributed by atoms with van der Waals surface area (Å²) in [5, 5.41) is 20.8. The lowest BCUT2D eigenvalue weighted by atomic mass is 9.45. The number of nitrogens with zero attached hydrogens (tertiary/aromatic N) is 1. The van der Waals surface area contributed by atoms with E-state index in [2.05, 4.69) is 17.2 Å². The van der Waals surface area contributed by atoms with Gasteiger partial charge in [-0.15, -0.1) is 0 Å². The Morgan fingerprint density at radius 3 is 2.42 bits per heavy atom. The SMILES string of the molecule is [2H]C(NC(=O)c1ccc(C#CCCCCCOCC(=O)O)cc1)C1C(C)(C)C(Oc2ccc(C#N)c(Cl)c2)C1(C)C. The molecule has 0 spiro atoms. The summed E-state index contributed by atoms with van der Waals surface area (Å²) in [5.41, 5.74) is 0.831. The fourth-order valence-corrected chi connectivity index (χ4v) is 5.76. The van der Waals surface area contributed by atoms with Crippen molar-refractivity contribution in [2.45, 2.75) is 59.5 Å². The number of nitriles is 1.